The average molecular weight is 521 g/mol. The Kier molecular flexibility index (Phi) is 5.75. The molecule has 0 aliphatic carbocycles. The van der Waals surface area contributed by atoms with Crippen molar-refractivity contribution in [2.75, 3.05) is 22.9 Å². The molecular formula is C24H20F4N4O3S. The van der Waals surface area contributed by atoms with Crippen LogP contribution in [0.4, 0.5) is 28.9 Å². The van der Waals surface area contributed by atoms with Crippen LogP contribution in [0.15, 0.2) is 47.6 Å². The fourth-order valence-corrected chi connectivity index (χ4v) is 5.41. The predicted molar refractivity (Wildman–Crippen MR) is 124 cm³/mol. The van der Waals surface area contributed by atoms with E-state index in [1.807, 2.05) is 0 Å². The maximum absolute atomic E-state index is 14.9. The first-order valence-corrected chi connectivity index (χ1v) is 12.5. The number of carbonyl (C=O) groups is 1. The summed E-state index contributed by atoms with van der Waals surface area (Å²) in [5, 5.41) is 5.10. The number of carbonyl (C=O) groups excluding carboxylic acids is 1. The van der Waals surface area contributed by atoms with Crippen LogP contribution in [0, 0.1) is 29.2 Å². The highest BCUT2D eigenvalue weighted by Crippen LogP contribution is 2.39. The first-order chi connectivity index (χ1) is 17.0. The van der Waals surface area contributed by atoms with E-state index < -0.39 is 44.1 Å². The van der Waals surface area contributed by atoms with Gasteiger partial charge in [0.2, 0.25) is 15.9 Å². The van der Waals surface area contributed by atoms with E-state index >= 15 is 0 Å². The quantitative estimate of drug-likeness (QED) is 0.533. The lowest BCUT2D eigenvalue weighted by molar-refractivity contribution is -0.123. The Bertz CT molecular complexity index is 1490. The van der Waals surface area contributed by atoms with Crippen LogP contribution in [0.5, 0.6) is 0 Å². The lowest BCUT2D eigenvalue weighted by atomic mass is 9.96. The Hall–Kier alpha value is -3.51. The highest BCUT2D eigenvalue weighted by Gasteiger charge is 2.42. The van der Waals surface area contributed by atoms with Gasteiger partial charge >= 0.3 is 0 Å². The molecule has 0 radical (unpaired) electrons. The number of sulfonamides is 1. The Balaban J connectivity index is 1.37. The van der Waals surface area contributed by atoms with Gasteiger partial charge in [0, 0.05) is 42.8 Å². The SMILES string of the molecule is C[C@H]1Cc2cc(F)c(S(N)(=O)=O)cc2N1C(=O)C1CN(c2c(F)cc(-c3cnccc3F)cc2F)C1. The van der Waals surface area contributed by atoms with Crippen molar-refractivity contribution in [3.8, 4) is 11.1 Å². The lowest BCUT2D eigenvalue weighted by Crippen LogP contribution is -2.56. The molecule has 12 heteroatoms. The summed E-state index contributed by atoms with van der Waals surface area (Å²) in [6.45, 7) is 1.75. The summed E-state index contributed by atoms with van der Waals surface area (Å²) in [6, 6.07) is 4.84. The molecule has 0 spiro atoms. The molecule has 2 N–H and O–H groups in total. The maximum atomic E-state index is 14.9. The second kappa shape index (κ2) is 8.56. The highest BCUT2D eigenvalue weighted by atomic mass is 32.2. The van der Waals surface area contributed by atoms with Crippen molar-refractivity contribution in [2.45, 2.75) is 24.3 Å². The van der Waals surface area contributed by atoms with Crippen molar-refractivity contribution in [2.24, 2.45) is 11.1 Å². The number of halogens is 4. The number of nitrogens with two attached hydrogens (primary N) is 1. The van der Waals surface area contributed by atoms with Crippen LogP contribution in [-0.2, 0) is 21.2 Å². The van der Waals surface area contributed by atoms with Gasteiger partial charge < -0.3 is 9.80 Å². The zero-order valence-corrected chi connectivity index (χ0v) is 19.7. The fourth-order valence-electron chi connectivity index (χ4n) is 4.80. The minimum absolute atomic E-state index is 0.00658. The number of aromatic nitrogens is 1. The number of hydrogen-bond acceptors (Lipinski definition) is 5. The molecular weight excluding hydrogens is 500 g/mol. The van der Waals surface area contributed by atoms with Crippen molar-refractivity contribution in [1.29, 1.82) is 0 Å². The van der Waals surface area contributed by atoms with Gasteiger partial charge in [0.15, 0.2) is 0 Å². The smallest absolute Gasteiger partial charge is 0.241 e. The molecule has 36 heavy (non-hydrogen) atoms. The van der Waals surface area contributed by atoms with Gasteiger partial charge in [0.1, 0.15) is 33.9 Å². The molecule has 3 aromatic rings. The second-order valence-corrected chi connectivity index (χ2v) is 10.5. The first-order valence-electron chi connectivity index (χ1n) is 11.0. The van der Waals surface area contributed by atoms with Crippen molar-refractivity contribution in [1.82, 2.24) is 4.98 Å². The topological polar surface area (TPSA) is 96.6 Å². The molecule has 1 amide bonds. The summed E-state index contributed by atoms with van der Waals surface area (Å²) >= 11 is 0. The van der Waals surface area contributed by atoms with Crippen molar-refractivity contribution in [3.05, 3.63) is 71.6 Å². The number of amides is 1. The highest BCUT2D eigenvalue weighted by molar-refractivity contribution is 7.89. The number of pyridine rings is 1. The van der Waals surface area contributed by atoms with Gasteiger partial charge in [0.25, 0.3) is 0 Å². The van der Waals surface area contributed by atoms with Crippen molar-refractivity contribution >= 4 is 27.3 Å². The van der Waals surface area contributed by atoms with Crippen LogP contribution in [0.1, 0.15) is 12.5 Å². The fraction of sp³-hybridized carbons (Fsp3) is 0.250. The van der Waals surface area contributed by atoms with Gasteiger partial charge in [-0.3, -0.25) is 9.78 Å². The molecule has 2 aliphatic heterocycles. The zero-order valence-electron chi connectivity index (χ0n) is 18.9. The Labute approximate surface area is 204 Å². The number of nitrogens with zero attached hydrogens (tertiary/aromatic N) is 3. The van der Waals surface area contributed by atoms with Crippen molar-refractivity contribution < 1.29 is 30.8 Å². The minimum atomic E-state index is -4.35. The molecule has 5 rings (SSSR count). The van der Waals surface area contributed by atoms with E-state index in [1.165, 1.54) is 22.2 Å². The number of rotatable bonds is 4. The number of anilines is 2. The molecule has 1 atom stereocenters. The summed E-state index contributed by atoms with van der Waals surface area (Å²) in [5.41, 5.74) is 0.327. The van der Waals surface area contributed by atoms with E-state index in [0.29, 0.717) is 12.0 Å². The Morgan fingerprint density at radius 2 is 1.69 bits per heavy atom. The molecule has 1 aromatic heterocycles. The molecule has 2 aromatic carbocycles. The normalized spacial score (nSPS) is 17.8. The van der Waals surface area contributed by atoms with E-state index in [2.05, 4.69) is 4.98 Å². The number of primary sulfonamides is 1. The largest absolute Gasteiger partial charge is 0.365 e. The van der Waals surface area contributed by atoms with Gasteiger partial charge in [-0.15, -0.1) is 0 Å². The van der Waals surface area contributed by atoms with E-state index in [4.69, 9.17) is 5.14 Å². The van der Waals surface area contributed by atoms with Crippen LogP contribution < -0.4 is 14.9 Å². The van der Waals surface area contributed by atoms with Crippen molar-refractivity contribution in [3.63, 3.8) is 0 Å². The van der Waals surface area contributed by atoms with Gasteiger partial charge in [-0.2, -0.15) is 0 Å². The van der Waals surface area contributed by atoms with E-state index in [9.17, 15) is 30.8 Å². The van der Waals surface area contributed by atoms with E-state index in [-0.39, 0.29) is 47.5 Å². The summed E-state index contributed by atoms with van der Waals surface area (Å²) < 4.78 is 81.5. The van der Waals surface area contributed by atoms with Crippen LogP contribution in [-0.4, -0.2) is 38.4 Å². The van der Waals surface area contributed by atoms with Gasteiger partial charge in [-0.25, -0.2) is 31.1 Å². The molecule has 7 nitrogen and oxygen atoms in total. The molecule has 1 saturated heterocycles. The number of benzene rings is 2. The van der Waals surface area contributed by atoms with E-state index in [1.54, 1.807) is 6.92 Å². The standard InChI is InChI=1S/C24H20F4N4O3S/c1-12-4-14-7-18(26)22(36(29,34)35)8-21(14)32(12)24(33)15-10-31(11-15)23-19(27)5-13(6-20(23)28)16-9-30-3-2-17(16)25/h2-3,5-9,12,15H,4,10-11H2,1H3,(H2,29,34,35)/t12-/m0/s1. The Morgan fingerprint density at radius 3 is 2.31 bits per heavy atom. The third kappa shape index (κ3) is 3.99. The Morgan fingerprint density at radius 1 is 1.03 bits per heavy atom. The summed E-state index contributed by atoms with van der Waals surface area (Å²) in [5.74, 6) is -4.49. The monoisotopic (exact) mass is 520 g/mol. The summed E-state index contributed by atoms with van der Waals surface area (Å²) in [7, 11) is -4.35. The van der Waals surface area contributed by atoms with Crippen LogP contribution in [0.3, 0.4) is 0 Å². The third-order valence-corrected chi connectivity index (χ3v) is 7.46. The van der Waals surface area contributed by atoms with Crippen LogP contribution in [0.25, 0.3) is 11.1 Å². The van der Waals surface area contributed by atoms with Crippen LogP contribution in [0.2, 0.25) is 0 Å². The second-order valence-electron chi connectivity index (χ2n) is 8.96. The average Bonchev–Trinajstić information content (AvgIpc) is 3.07. The van der Waals surface area contributed by atoms with Gasteiger partial charge in [-0.1, -0.05) is 0 Å². The molecule has 3 heterocycles. The molecule has 0 saturated carbocycles. The third-order valence-electron chi connectivity index (χ3n) is 6.54. The first kappa shape index (κ1) is 24.2. The van der Waals surface area contributed by atoms with Gasteiger partial charge in [0.05, 0.1) is 5.92 Å². The number of hydrogen-bond donors (Lipinski definition) is 1. The summed E-state index contributed by atoms with van der Waals surface area (Å²) in [4.78, 5) is 19.1. The maximum Gasteiger partial charge on any atom is 0.241 e. The predicted octanol–water partition coefficient (Wildman–Crippen LogP) is 3.37. The van der Waals surface area contributed by atoms with E-state index in [0.717, 1.165) is 30.3 Å². The van der Waals surface area contributed by atoms with Crippen LogP contribution >= 0.6 is 0 Å². The lowest BCUT2D eigenvalue weighted by Gasteiger charge is -2.42. The molecule has 2 aliphatic rings. The number of fused-ring (bicyclic) bond motifs is 1. The minimum Gasteiger partial charge on any atom is -0.365 e. The summed E-state index contributed by atoms with van der Waals surface area (Å²) in [6.07, 6.45) is 2.71. The van der Waals surface area contributed by atoms with Gasteiger partial charge in [-0.05, 0) is 54.8 Å². The molecule has 188 valence electrons. The molecule has 0 unspecified atom stereocenters. The molecule has 0 bridgehead atoms. The molecule has 1 fully saturated rings. The zero-order chi connectivity index (χ0) is 25.9.